The van der Waals surface area contributed by atoms with Gasteiger partial charge in [0.15, 0.2) is 0 Å². The van der Waals surface area contributed by atoms with Crippen LogP contribution in [0.15, 0.2) is 36.7 Å². The van der Waals surface area contributed by atoms with Crippen molar-refractivity contribution in [3.63, 3.8) is 0 Å². The van der Waals surface area contributed by atoms with E-state index in [1.165, 1.54) is 25.7 Å². The van der Waals surface area contributed by atoms with E-state index in [0.29, 0.717) is 18.8 Å². The molecule has 2 saturated heterocycles. The molecule has 10 heteroatoms. The minimum absolute atomic E-state index is 0.0118. The zero-order chi connectivity index (χ0) is 27.3. The third-order valence-corrected chi connectivity index (χ3v) is 9.35. The van der Waals surface area contributed by atoms with Gasteiger partial charge in [-0.25, -0.2) is 9.97 Å². The van der Waals surface area contributed by atoms with Crippen molar-refractivity contribution < 1.29 is 14.3 Å². The van der Waals surface area contributed by atoms with Gasteiger partial charge in [-0.05, 0) is 51.0 Å². The lowest BCUT2D eigenvalue weighted by atomic mass is 9.97. The number of aromatic nitrogens is 4. The fourth-order valence-electron chi connectivity index (χ4n) is 5.95. The van der Waals surface area contributed by atoms with Gasteiger partial charge in [0.05, 0.1) is 24.7 Å². The van der Waals surface area contributed by atoms with Crippen LogP contribution in [0.4, 0.5) is 11.1 Å². The van der Waals surface area contributed by atoms with Gasteiger partial charge >= 0.3 is 5.97 Å². The van der Waals surface area contributed by atoms with Crippen LogP contribution in [0.3, 0.4) is 0 Å². The SMILES string of the molecule is CCOC(=O)C1CCN(c2nnc(-c3ccc(-c4cnc(N5CCC(OC6CCCC6)CC5)nc4)cc3)s2)CC1. The molecule has 212 valence electrons. The number of carbonyl (C=O) groups is 1. The molecule has 0 amide bonds. The zero-order valence-corrected chi connectivity index (χ0v) is 24.0. The summed E-state index contributed by atoms with van der Waals surface area (Å²) >= 11 is 1.59. The Morgan fingerprint density at radius 3 is 2.12 bits per heavy atom. The number of hydrogen-bond donors (Lipinski definition) is 0. The largest absolute Gasteiger partial charge is 0.466 e. The van der Waals surface area contributed by atoms with Crippen molar-refractivity contribution in [2.24, 2.45) is 5.92 Å². The average molecular weight is 563 g/mol. The van der Waals surface area contributed by atoms with Gasteiger partial charge in [0, 0.05) is 49.7 Å². The Morgan fingerprint density at radius 2 is 1.45 bits per heavy atom. The van der Waals surface area contributed by atoms with Gasteiger partial charge in [0.1, 0.15) is 5.01 Å². The molecule has 0 unspecified atom stereocenters. The quantitative estimate of drug-likeness (QED) is 0.336. The molecule has 2 aromatic heterocycles. The molecule has 0 radical (unpaired) electrons. The molecule has 4 heterocycles. The monoisotopic (exact) mass is 562 g/mol. The van der Waals surface area contributed by atoms with Crippen molar-refractivity contribution in [2.75, 3.05) is 42.6 Å². The van der Waals surface area contributed by atoms with Gasteiger partial charge in [-0.15, -0.1) is 10.2 Å². The molecule has 1 aliphatic carbocycles. The maximum atomic E-state index is 12.0. The number of benzene rings is 1. The smallest absolute Gasteiger partial charge is 0.309 e. The molecule has 2 aliphatic heterocycles. The van der Waals surface area contributed by atoms with E-state index < -0.39 is 0 Å². The number of esters is 1. The second kappa shape index (κ2) is 12.6. The van der Waals surface area contributed by atoms with E-state index >= 15 is 0 Å². The number of anilines is 2. The lowest BCUT2D eigenvalue weighted by Crippen LogP contribution is -2.39. The lowest BCUT2D eigenvalue weighted by molar-refractivity contribution is -0.148. The molecular formula is C30H38N6O3S. The Morgan fingerprint density at radius 1 is 0.825 bits per heavy atom. The van der Waals surface area contributed by atoms with E-state index in [9.17, 15) is 4.79 Å². The predicted octanol–water partition coefficient (Wildman–Crippen LogP) is 5.37. The number of nitrogens with zero attached hydrogens (tertiary/aromatic N) is 6. The summed E-state index contributed by atoms with van der Waals surface area (Å²) in [5.41, 5.74) is 3.11. The molecule has 6 rings (SSSR count). The van der Waals surface area contributed by atoms with Gasteiger partial charge in [0.2, 0.25) is 11.1 Å². The van der Waals surface area contributed by atoms with Crippen LogP contribution < -0.4 is 9.80 Å². The van der Waals surface area contributed by atoms with E-state index in [1.807, 2.05) is 19.3 Å². The first kappa shape index (κ1) is 27.1. The van der Waals surface area contributed by atoms with Crippen LogP contribution in [0.2, 0.25) is 0 Å². The summed E-state index contributed by atoms with van der Waals surface area (Å²) < 4.78 is 11.5. The molecular weight excluding hydrogens is 524 g/mol. The summed E-state index contributed by atoms with van der Waals surface area (Å²) in [6, 6.07) is 8.34. The molecule has 1 saturated carbocycles. The topological polar surface area (TPSA) is 93.6 Å². The van der Waals surface area contributed by atoms with Gasteiger partial charge in [0.25, 0.3) is 0 Å². The van der Waals surface area contributed by atoms with Gasteiger partial charge in [-0.2, -0.15) is 0 Å². The summed E-state index contributed by atoms with van der Waals surface area (Å²) in [4.78, 5) is 25.9. The lowest BCUT2D eigenvalue weighted by Gasteiger charge is -2.33. The number of carbonyl (C=O) groups excluding carboxylic acids is 1. The Labute approximate surface area is 239 Å². The highest BCUT2D eigenvalue weighted by atomic mass is 32.1. The van der Waals surface area contributed by atoms with Crippen LogP contribution in [-0.4, -0.2) is 71.1 Å². The Bertz CT molecular complexity index is 1250. The molecule has 0 atom stereocenters. The van der Waals surface area contributed by atoms with Crippen LogP contribution in [0.5, 0.6) is 0 Å². The summed E-state index contributed by atoms with van der Waals surface area (Å²) in [5.74, 6) is 0.708. The molecule has 3 aliphatic rings. The van der Waals surface area contributed by atoms with Gasteiger partial charge in [-0.1, -0.05) is 48.4 Å². The van der Waals surface area contributed by atoms with Crippen LogP contribution in [0.1, 0.15) is 58.3 Å². The first-order chi connectivity index (χ1) is 19.7. The molecule has 1 aromatic carbocycles. The van der Waals surface area contributed by atoms with Crippen molar-refractivity contribution >= 4 is 28.4 Å². The summed E-state index contributed by atoms with van der Waals surface area (Å²) in [6.07, 6.45) is 13.4. The van der Waals surface area contributed by atoms with E-state index in [4.69, 9.17) is 9.47 Å². The van der Waals surface area contributed by atoms with E-state index in [0.717, 1.165) is 84.6 Å². The average Bonchev–Trinajstić information content (AvgIpc) is 3.71. The standard InChI is InChI=1S/C30H38N6O3S/c1-2-38-28(37)23-11-15-36(16-12-23)30-34-33-27(40-30)22-9-7-21(8-10-22)24-19-31-29(32-20-24)35-17-13-26(14-18-35)39-25-5-3-4-6-25/h7-10,19-20,23,25-26H,2-6,11-18H2,1H3. The van der Waals surface area contributed by atoms with Crippen LogP contribution >= 0.6 is 11.3 Å². The van der Waals surface area contributed by atoms with Crippen molar-refractivity contribution in [1.29, 1.82) is 0 Å². The number of rotatable bonds is 8. The van der Waals surface area contributed by atoms with Gasteiger partial charge < -0.3 is 19.3 Å². The first-order valence-electron chi connectivity index (χ1n) is 14.7. The fourth-order valence-corrected chi connectivity index (χ4v) is 6.86. The van der Waals surface area contributed by atoms with Crippen molar-refractivity contribution in [2.45, 2.75) is 70.5 Å². The second-order valence-corrected chi connectivity index (χ2v) is 11.9. The molecule has 0 bridgehead atoms. The van der Waals surface area contributed by atoms with E-state index in [-0.39, 0.29) is 11.9 Å². The maximum absolute atomic E-state index is 12.0. The minimum atomic E-state index is -0.0789. The number of hydrogen-bond acceptors (Lipinski definition) is 10. The summed E-state index contributed by atoms with van der Waals surface area (Å²) in [6.45, 7) is 5.76. The highest BCUT2D eigenvalue weighted by Gasteiger charge is 2.28. The molecule has 9 nitrogen and oxygen atoms in total. The van der Waals surface area contributed by atoms with E-state index in [2.05, 4.69) is 54.2 Å². The Kier molecular flexibility index (Phi) is 8.53. The van der Waals surface area contributed by atoms with Crippen molar-refractivity contribution in [3.8, 4) is 21.7 Å². The highest BCUT2D eigenvalue weighted by Crippen LogP contribution is 2.33. The summed E-state index contributed by atoms with van der Waals surface area (Å²) in [5, 5.41) is 10.7. The molecule has 0 spiro atoms. The Hall–Kier alpha value is -3.11. The molecule has 0 N–H and O–H groups in total. The molecule has 3 fully saturated rings. The highest BCUT2D eigenvalue weighted by molar-refractivity contribution is 7.18. The minimum Gasteiger partial charge on any atom is -0.466 e. The molecule has 40 heavy (non-hydrogen) atoms. The van der Waals surface area contributed by atoms with Gasteiger partial charge in [-0.3, -0.25) is 4.79 Å². The first-order valence-corrected chi connectivity index (χ1v) is 15.6. The number of ether oxygens (including phenoxy) is 2. The predicted molar refractivity (Wildman–Crippen MR) is 157 cm³/mol. The van der Waals surface area contributed by atoms with Crippen LogP contribution in [0, 0.1) is 5.92 Å². The molecule has 3 aromatic rings. The van der Waals surface area contributed by atoms with E-state index in [1.54, 1.807) is 11.3 Å². The van der Waals surface area contributed by atoms with Crippen LogP contribution in [0.25, 0.3) is 21.7 Å². The van der Waals surface area contributed by atoms with Crippen molar-refractivity contribution in [1.82, 2.24) is 20.2 Å². The maximum Gasteiger partial charge on any atom is 0.309 e. The summed E-state index contributed by atoms with van der Waals surface area (Å²) in [7, 11) is 0. The Balaban J connectivity index is 1.02. The normalized spacial score (nSPS) is 19.3. The third kappa shape index (κ3) is 6.28. The second-order valence-electron chi connectivity index (χ2n) is 11.0. The number of piperidine rings is 2. The third-order valence-electron chi connectivity index (χ3n) is 8.32. The zero-order valence-electron chi connectivity index (χ0n) is 23.2. The van der Waals surface area contributed by atoms with Crippen LogP contribution in [-0.2, 0) is 14.3 Å². The van der Waals surface area contributed by atoms with Crippen molar-refractivity contribution in [3.05, 3.63) is 36.7 Å². The fraction of sp³-hybridized carbons (Fsp3) is 0.567.